The monoisotopic (exact) mass is 528 g/mol. The zero-order valence-electron chi connectivity index (χ0n) is 24.0. The number of aliphatic hydroxyl groups excluding tert-OH is 1. The van der Waals surface area contributed by atoms with Crippen LogP contribution in [-0.4, -0.2) is 46.4 Å². The van der Waals surface area contributed by atoms with E-state index in [0.717, 1.165) is 89.9 Å². The van der Waals surface area contributed by atoms with Crippen LogP contribution in [-0.2, 0) is 23.9 Å². The van der Waals surface area contributed by atoms with E-state index in [-0.39, 0.29) is 19.3 Å². The molecule has 0 bridgehead atoms. The third-order valence-electron chi connectivity index (χ3n) is 6.70. The molecule has 0 aromatic heterocycles. The van der Waals surface area contributed by atoms with Gasteiger partial charge in [-0.15, -0.1) is 0 Å². The van der Waals surface area contributed by atoms with Gasteiger partial charge in [0.25, 0.3) is 0 Å². The summed E-state index contributed by atoms with van der Waals surface area (Å²) in [5.74, 6) is -2.01. The van der Waals surface area contributed by atoms with Gasteiger partial charge in [0.2, 0.25) is 0 Å². The smallest absolute Gasteiger partial charge is 0.309 e. The minimum absolute atomic E-state index is 0.0748. The number of aliphatic carboxylic acids is 1. The van der Waals surface area contributed by atoms with Crippen LogP contribution in [0, 0.1) is 0 Å². The lowest BCUT2D eigenvalue weighted by atomic mass is 10.0. The first-order chi connectivity index (χ1) is 17.8. The molecular weight excluding hydrogens is 472 g/mol. The molecule has 0 aromatic rings. The summed E-state index contributed by atoms with van der Waals surface area (Å²) in [5, 5.41) is 19.5. The van der Waals surface area contributed by atoms with Gasteiger partial charge < -0.3 is 19.7 Å². The maximum Gasteiger partial charge on any atom is 0.309 e. The van der Waals surface area contributed by atoms with Gasteiger partial charge in [0.15, 0.2) is 0 Å². The van der Waals surface area contributed by atoms with Crippen molar-refractivity contribution in [3.8, 4) is 0 Å². The van der Waals surface area contributed by atoms with E-state index >= 15 is 0 Å². The standard InChI is InChI=1S/C30H56O7/c1-4-7-10-13-16-19-25(31)22-29(34)37-27(21-18-15-12-9-6-3)24-30(35)36-26(23-28(32)33)20-17-14-11-8-5-2/h25-27,31H,4-24H2,1-3H3,(H,32,33)/t25-,26-,27-/m1/s1. The van der Waals surface area contributed by atoms with Gasteiger partial charge in [0, 0.05) is 0 Å². The van der Waals surface area contributed by atoms with E-state index in [0.29, 0.717) is 19.3 Å². The Bertz CT molecular complexity index is 578. The number of hydrogen-bond donors (Lipinski definition) is 2. The zero-order chi connectivity index (χ0) is 27.7. The summed E-state index contributed by atoms with van der Waals surface area (Å²) < 4.78 is 11.1. The molecule has 0 aromatic carbocycles. The van der Waals surface area contributed by atoms with Crippen LogP contribution in [0.4, 0.5) is 0 Å². The van der Waals surface area contributed by atoms with Crippen LogP contribution >= 0.6 is 0 Å². The highest BCUT2D eigenvalue weighted by Crippen LogP contribution is 2.18. The molecule has 2 N–H and O–H groups in total. The van der Waals surface area contributed by atoms with Crippen molar-refractivity contribution >= 4 is 17.9 Å². The molecule has 0 heterocycles. The molecular formula is C30H56O7. The van der Waals surface area contributed by atoms with E-state index in [2.05, 4.69) is 20.8 Å². The number of unbranched alkanes of at least 4 members (excludes halogenated alkanes) is 12. The number of carbonyl (C=O) groups is 3. The Hall–Kier alpha value is -1.63. The molecule has 0 aliphatic carbocycles. The molecule has 0 spiro atoms. The fourth-order valence-electron chi connectivity index (χ4n) is 4.48. The second-order valence-electron chi connectivity index (χ2n) is 10.5. The van der Waals surface area contributed by atoms with Crippen molar-refractivity contribution in [2.75, 3.05) is 0 Å². The van der Waals surface area contributed by atoms with Crippen LogP contribution in [0.1, 0.15) is 156 Å². The molecule has 218 valence electrons. The second kappa shape index (κ2) is 24.7. The molecule has 0 rings (SSSR count). The molecule has 7 heteroatoms. The predicted molar refractivity (Wildman–Crippen MR) is 147 cm³/mol. The average Bonchev–Trinajstić information content (AvgIpc) is 2.83. The molecule has 0 saturated heterocycles. The first-order valence-electron chi connectivity index (χ1n) is 15.1. The summed E-state index contributed by atoms with van der Waals surface area (Å²) in [6.07, 6.45) is 15.0. The third kappa shape index (κ3) is 23.2. The fraction of sp³-hybridized carbons (Fsp3) is 0.900. The van der Waals surface area contributed by atoms with Gasteiger partial charge in [-0.1, -0.05) is 104 Å². The van der Waals surface area contributed by atoms with Gasteiger partial charge in [-0.05, 0) is 32.1 Å². The molecule has 0 amide bonds. The maximum atomic E-state index is 12.7. The normalized spacial score (nSPS) is 13.6. The van der Waals surface area contributed by atoms with E-state index in [1.165, 1.54) is 6.42 Å². The average molecular weight is 529 g/mol. The minimum atomic E-state index is -0.992. The summed E-state index contributed by atoms with van der Waals surface area (Å²) in [6.45, 7) is 6.44. The summed E-state index contributed by atoms with van der Waals surface area (Å²) in [4.78, 5) is 36.5. The molecule has 0 saturated carbocycles. The maximum absolute atomic E-state index is 12.7. The number of carboxylic acids is 1. The second-order valence-corrected chi connectivity index (χ2v) is 10.5. The Morgan fingerprint density at radius 3 is 1.35 bits per heavy atom. The van der Waals surface area contributed by atoms with Crippen molar-refractivity contribution in [1.29, 1.82) is 0 Å². The van der Waals surface area contributed by atoms with Crippen molar-refractivity contribution < 1.29 is 34.1 Å². The largest absolute Gasteiger partial charge is 0.481 e. The quantitative estimate of drug-likeness (QED) is 0.0883. The molecule has 3 atom stereocenters. The van der Waals surface area contributed by atoms with Gasteiger partial charge in [0.1, 0.15) is 12.2 Å². The summed E-state index contributed by atoms with van der Waals surface area (Å²) >= 11 is 0. The van der Waals surface area contributed by atoms with Crippen molar-refractivity contribution in [2.24, 2.45) is 0 Å². The van der Waals surface area contributed by atoms with Crippen molar-refractivity contribution in [3.63, 3.8) is 0 Å². The molecule has 0 aliphatic rings. The van der Waals surface area contributed by atoms with Crippen molar-refractivity contribution in [1.82, 2.24) is 0 Å². The Labute approximate surface area is 226 Å². The van der Waals surface area contributed by atoms with E-state index < -0.39 is 36.2 Å². The predicted octanol–water partition coefficient (Wildman–Crippen LogP) is 7.51. The van der Waals surface area contributed by atoms with Gasteiger partial charge in [-0.3, -0.25) is 14.4 Å². The number of carbonyl (C=O) groups excluding carboxylic acids is 2. The molecule has 0 radical (unpaired) electrons. The first-order valence-corrected chi connectivity index (χ1v) is 15.1. The summed E-state index contributed by atoms with van der Waals surface area (Å²) in [5.41, 5.74) is 0. The highest BCUT2D eigenvalue weighted by atomic mass is 16.6. The fourth-order valence-corrected chi connectivity index (χ4v) is 4.48. The van der Waals surface area contributed by atoms with Crippen molar-refractivity contribution in [3.05, 3.63) is 0 Å². The molecule has 7 nitrogen and oxygen atoms in total. The number of rotatable bonds is 26. The van der Waals surface area contributed by atoms with Crippen LogP contribution in [0.2, 0.25) is 0 Å². The number of aliphatic hydroxyl groups is 1. The van der Waals surface area contributed by atoms with Crippen molar-refractivity contribution in [2.45, 2.75) is 174 Å². The minimum Gasteiger partial charge on any atom is -0.481 e. The molecule has 37 heavy (non-hydrogen) atoms. The summed E-state index contributed by atoms with van der Waals surface area (Å²) in [7, 11) is 0. The lowest BCUT2D eigenvalue weighted by Crippen LogP contribution is -2.28. The SMILES string of the molecule is CCCCCCC[C@@H](O)CC(=O)O[C@H](CCCCCCC)CC(=O)O[C@H](CCCCCCC)CC(=O)O. The van der Waals surface area contributed by atoms with Crippen LogP contribution in [0.15, 0.2) is 0 Å². The van der Waals surface area contributed by atoms with Gasteiger partial charge >= 0.3 is 17.9 Å². The summed E-state index contributed by atoms with van der Waals surface area (Å²) in [6, 6.07) is 0. The van der Waals surface area contributed by atoms with Gasteiger partial charge in [0.05, 0.1) is 25.4 Å². The highest BCUT2D eigenvalue weighted by Gasteiger charge is 2.24. The first kappa shape index (κ1) is 35.4. The zero-order valence-corrected chi connectivity index (χ0v) is 24.0. The Morgan fingerprint density at radius 1 is 0.541 bits per heavy atom. The van der Waals surface area contributed by atoms with Crippen LogP contribution in [0.5, 0.6) is 0 Å². The number of carboxylic acid groups (broad SMARTS) is 1. The van der Waals surface area contributed by atoms with Gasteiger partial charge in [-0.2, -0.15) is 0 Å². The van der Waals surface area contributed by atoms with E-state index in [1.54, 1.807) is 0 Å². The topological polar surface area (TPSA) is 110 Å². The molecule has 0 fully saturated rings. The Morgan fingerprint density at radius 2 is 0.919 bits per heavy atom. The number of ether oxygens (including phenoxy) is 2. The van der Waals surface area contributed by atoms with Crippen LogP contribution < -0.4 is 0 Å². The van der Waals surface area contributed by atoms with E-state index in [1.807, 2.05) is 0 Å². The third-order valence-corrected chi connectivity index (χ3v) is 6.70. The lowest BCUT2D eigenvalue weighted by Gasteiger charge is -2.21. The van der Waals surface area contributed by atoms with E-state index in [4.69, 9.17) is 9.47 Å². The Kier molecular flexibility index (Phi) is 23.6. The highest BCUT2D eigenvalue weighted by molar-refractivity contribution is 5.73. The lowest BCUT2D eigenvalue weighted by molar-refractivity contribution is -0.160. The van der Waals surface area contributed by atoms with Crippen LogP contribution in [0.3, 0.4) is 0 Å². The molecule has 0 unspecified atom stereocenters. The van der Waals surface area contributed by atoms with Gasteiger partial charge in [-0.25, -0.2) is 0 Å². The molecule has 0 aliphatic heterocycles. The van der Waals surface area contributed by atoms with E-state index in [9.17, 15) is 24.6 Å². The number of hydrogen-bond acceptors (Lipinski definition) is 6. The number of esters is 2. The van der Waals surface area contributed by atoms with Crippen LogP contribution in [0.25, 0.3) is 0 Å². The Balaban J connectivity index is 4.78.